The van der Waals surface area contributed by atoms with E-state index in [1.807, 2.05) is 0 Å². The van der Waals surface area contributed by atoms with E-state index in [4.69, 9.17) is 20.8 Å². The van der Waals surface area contributed by atoms with Crippen LogP contribution in [0.15, 0.2) is 54.2 Å². The van der Waals surface area contributed by atoms with Crippen LogP contribution in [-0.2, 0) is 4.74 Å². The Morgan fingerprint density at radius 1 is 1.13 bits per heavy atom. The van der Waals surface area contributed by atoms with Crippen LogP contribution in [0.25, 0.3) is 15.7 Å². The van der Waals surface area contributed by atoms with Gasteiger partial charge in [-0.1, -0.05) is 0 Å². The van der Waals surface area contributed by atoms with E-state index in [0.717, 1.165) is 39.3 Å². The lowest BCUT2D eigenvalue weighted by Crippen LogP contribution is -2.37. The number of hydrogen-bond acceptors (Lipinski definition) is 8. The van der Waals surface area contributed by atoms with E-state index in [9.17, 15) is 9.18 Å². The minimum Gasteiger partial charge on any atom is -0.504 e. The summed E-state index contributed by atoms with van der Waals surface area (Å²) in [5.41, 5.74) is 0.908. The van der Waals surface area contributed by atoms with Gasteiger partial charge in [0.25, 0.3) is 0 Å². The number of halogens is 1. The monoisotopic (exact) mass is 548 g/mol. The second-order valence-electron chi connectivity index (χ2n) is 8.57. The van der Waals surface area contributed by atoms with E-state index in [1.54, 1.807) is 36.0 Å². The Balaban J connectivity index is 1.25. The van der Waals surface area contributed by atoms with Crippen LogP contribution in [0.5, 0.6) is 17.2 Å². The largest absolute Gasteiger partial charge is 0.504 e. The fourth-order valence-electron chi connectivity index (χ4n) is 4.05. The molecule has 5 rings (SSSR count). The quantitative estimate of drug-likeness (QED) is 0.198. The Morgan fingerprint density at radius 3 is 2.77 bits per heavy atom. The molecule has 1 fully saturated rings. The summed E-state index contributed by atoms with van der Waals surface area (Å²) in [6.45, 7) is 12.4. The number of pyridine rings is 1. The van der Waals surface area contributed by atoms with Crippen molar-refractivity contribution < 1.29 is 23.4 Å². The molecule has 0 radical (unpaired) electrons. The van der Waals surface area contributed by atoms with Crippen molar-refractivity contribution in [3.63, 3.8) is 0 Å². The lowest BCUT2D eigenvalue weighted by atomic mass is 10.1. The number of rotatable bonds is 9. The topological polar surface area (TPSA) is 102 Å². The third-order valence-electron chi connectivity index (χ3n) is 5.95. The zero-order valence-corrected chi connectivity index (χ0v) is 21.7. The highest BCUT2D eigenvalue weighted by Crippen LogP contribution is 2.37. The van der Waals surface area contributed by atoms with Gasteiger partial charge in [-0.3, -0.25) is 15.2 Å². The molecule has 10 nitrogen and oxygen atoms in total. The Hall–Kier alpha value is -4.31. The van der Waals surface area contributed by atoms with Crippen molar-refractivity contribution in [2.24, 2.45) is 0 Å². The van der Waals surface area contributed by atoms with Crippen LogP contribution in [0.3, 0.4) is 0 Å². The third-order valence-corrected chi connectivity index (χ3v) is 6.64. The first-order valence-electron chi connectivity index (χ1n) is 12.3. The highest BCUT2D eigenvalue weighted by Gasteiger charge is 2.15. The molecule has 0 unspecified atom stereocenters. The number of aromatic nitrogens is 2. The summed E-state index contributed by atoms with van der Waals surface area (Å²) in [6, 6.07) is 8.54. The molecule has 0 spiro atoms. The number of nitrogens with one attached hydrogen (secondary N) is 2. The van der Waals surface area contributed by atoms with E-state index in [0.29, 0.717) is 39.8 Å². The molecule has 1 aliphatic rings. The van der Waals surface area contributed by atoms with Gasteiger partial charge in [0.05, 0.1) is 37.6 Å². The van der Waals surface area contributed by atoms with Gasteiger partial charge in [0.2, 0.25) is 5.69 Å². The molecule has 2 amide bonds. The molecule has 2 aromatic heterocycles. The summed E-state index contributed by atoms with van der Waals surface area (Å²) < 4.78 is 32.0. The van der Waals surface area contributed by atoms with Crippen LogP contribution in [0.4, 0.5) is 25.7 Å². The summed E-state index contributed by atoms with van der Waals surface area (Å²) >= 11 is 1.25. The molecule has 0 saturated carbocycles. The zero-order valence-electron chi connectivity index (χ0n) is 20.9. The molecule has 2 aromatic carbocycles. The molecule has 1 aliphatic heterocycles. The molecule has 200 valence electrons. The first-order chi connectivity index (χ1) is 19.1. The number of amides is 2. The number of benzene rings is 2. The average Bonchev–Trinajstić information content (AvgIpc) is 3.46. The number of thiazole rings is 1. The van der Waals surface area contributed by atoms with Crippen LogP contribution in [0.2, 0.25) is 0 Å². The maximum absolute atomic E-state index is 14.7. The number of ether oxygens (including phenoxy) is 3. The maximum atomic E-state index is 14.7. The number of carbonyl (C=O) groups excluding carboxylic acids is 1. The second kappa shape index (κ2) is 12.5. The first-order valence-corrected chi connectivity index (χ1v) is 13.1. The molecule has 4 aromatic rings. The van der Waals surface area contributed by atoms with Crippen LogP contribution in [0.1, 0.15) is 6.42 Å². The lowest BCUT2D eigenvalue weighted by molar-refractivity contribution is 0.0358. The van der Waals surface area contributed by atoms with Crippen molar-refractivity contribution in [1.82, 2.24) is 14.9 Å². The molecular weight excluding hydrogens is 523 g/mol. The highest BCUT2D eigenvalue weighted by molar-refractivity contribution is 7.13. The van der Waals surface area contributed by atoms with Crippen LogP contribution >= 0.6 is 11.3 Å². The van der Waals surface area contributed by atoms with Gasteiger partial charge in [0, 0.05) is 48.9 Å². The van der Waals surface area contributed by atoms with E-state index in [-0.39, 0.29) is 11.4 Å². The smallest absolute Gasteiger partial charge is 0.325 e. The van der Waals surface area contributed by atoms with Gasteiger partial charge in [-0.25, -0.2) is 19.0 Å². The Kier molecular flexibility index (Phi) is 8.42. The molecule has 2 N–H and O–H groups in total. The van der Waals surface area contributed by atoms with E-state index in [2.05, 4.69) is 30.3 Å². The van der Waals surface area contributed by atoms with Crippen molar-refractivity contribution in [1.29, 1.82) is 0 Å². The number of nitrogens with zero attached hydrogens (tertiary/aromatic N) is 4. The number of morpholine rings is 1. The average molecular weight is 549 g/mol. The Morgan fingerprint density at radius 2 is 2.00 bits per heavy atom. The van der Waals surface area contributed by atoms with Crippen LogP contribution in [-0.4, -0.2) is 60.4 Å². The number of anilines is 2. The van der Waals surface area contributed by atoms with Gasteiger partial charge >= 0.3 is 6.03 Å². The summed E-state index contributed by atoms with van der Waals surface area (Å²) in [4.78, 5) is 26.4. The van der Waals surface area contributed by atoms with Crippen molar-refractivity contribution in [2.75, 3.05) is 50.1 Å². The maximum Gasteiger partial charge on any atom is 0.325 e. The molecule has 0 atom stereocenters. The van der Waals surface area contributed by atoms with E-state index >= 15 is 0 Å². The van der Waals surface area contributed by atoms with Crippen molar-refractivity contribution in [2.45, 2.75) is 6.42 Å². The minimum atomic E-state index is -0.672. The van der Waals surface area contributed by atoms with Crippen molar-refractivity contribution in [3.05, 3.63) is 71.4 Å². The normalized spacial score (nSPS) is 13.5. The van der Waals surface area contributed by atoms with Gasteiger partial charge in [-0.2, -0.15) is 0 Å². The molecule has 3 heterocycles. The first kappa shape index (κ1) is 26.3. The Labute approximate surface area is 228 Å². The van der Waals surface area contributed by atoms with Gasteiger partial charge in [0.15, 0.2) is 5.13 Å². The molecule has 0 bridgehead atoms. The van der Waals surface area contributed by atoms with Crippen LogP contribution in [0, 0.1) is 12.4 Å². The van der Waals surface area contributed by atoms with Gasteiger partial charge in [0.1, 0.15) is 23.1 Å². The number of urea groups is 1. The van der Waals surface area contributed by atoms with Crippen molar-refractivity contribution >= 4 is 44.8 Å². The molecular formula is C27H25FN6O4S. The predicted molar refractivity (Wildman–Crippen MR) is 147 cm³/mol. The van der Waals surface area contributed by atoms with Gasteiger partial charge in [-0.15, -0.1) is 11.3 Å². The number of hydrogen-bond donors (Lipinski definition) is 2. The fraction of sp³-hybridized carbons (Fsp3) is 0.259. The lowest BCUT2D eigenvalue weighted by Gasteiger charge is -2.26. The summed E-state index contributed by atoms with van der Waals surface area (Å²) in [5.74, 6) is 0.417. The van der Waals surface area contributed by atoms with Crippen LogP contribution < -0.4 is 20.1 Å². The number of carbonyl (C=O) groups is 1. The molecule has 0 aliphatic carbocycles. The predicted octanol–water partition coefficient (Wildman–Crippen LogP) is 5.92. The minimum absolute atomic E-state index is 0.0123. The van der Waals surface area contributed by atoms with E-state index in [1.165, 1.54) is 29.5 Å². The molecule has 12 heteroatoms. The highest BCUT2D eigenvalue weighted by atomic mass is 32.1. The molecule has 39 heavy (non-hydrogen) atoms. The van der Waals surface area contributed by atoms with Gasteiger partial charge < -0.3 is 19.5 Å². The SMILES string of the molecule is [C-]#[N+]c1cc2c(Oc3ccc(NC(=O)Nc4nccs4)c(F)c3)ccnc2cc1OCCCN1CCOCC1. The summed E-state index contributed by atoms with van der Waals surface area (Å²) in [5, 5.41) is 7.69. The summed E-state index contributed by atoms with van der Waals surface area (Å²) in [6.07, 6.45) is 3.96. The van der Waals surface area contributed by atoms with E-state index < -0.39 is 11.8 Å². The van der Waals surface area contributed by atoms with Gasteiger partial charge in [-0.05, 0) is 36.8 Å². The standard InChI is InChI=1S/C27H25FN6O4S/c1-29-23-16-19-22(17-25(23)37-11-2-8-34-9-12-36-13-10-34)30-6-5-24(19)38-18-3-4-21(20(28)15-18)32-26(35)33-27-31-7-14-39-27/h3-7,14-17H,2,8-13H2,(H2,31,32,33,35). The second-order valence-corrected chi connectivity index (χ2v) is 9.47. The zero-order chi connectivity index (χ0) is 27.0. The Bertz CT molecular complexity index is 1490. The van der Waals surface area contributed by atoms with Crippen molar-refractivity contribution in [3.8, 4) is 17.2 Å². The fourth-order valence-corrected chi connectivity index (χ4v) is 4.57. The number of fused-ring (bicyclic) bond motifs is 1. The third kappa shape index (κ3) is 6.77. The summed E-state index contributed by atoms with van der Waals surface area (Å²) in [7, 11) is 0. The molecule has 1 saturated heterocycles.